The molecule has 56 valence electrons. The zero-order valence-corrected chi connectivity index (χ0v) is 6.31. The van der Waals surface area contributed by atoms with E-state index in [0.29, 0.717) is 6.61 Å². The molecule has 0 aliphatic heterocycles. The first kappa shape index (κ1) is 13.1. The first-order valence-corrected chi connectivity index (χ1v) is 3.39. The Morgan fingerprint density at radius 2 is 2.00 bits per heavy atom. The normalized spacial score (nSPS) is 11.5. The molecule has 0 saturated carbocycles. The van der Waals surface area contributed by atoms with Crippen molar-refractivity contribution in [3.8, 4) is 0 Å². The molecule has 2 nitrogen and oxygen atoms in total. The van der Waals surface area contributed by atoms with Crippen LogP contribution >= 0.6 is 0 Å². The Morgan fingerprint density at radius 3 is 2.30 bits per heavy atom. The summed E-state index contributed by atoms with van der Waals surface area (Å²) in [6.07, 6.45) is 0.860. The summed E-state index contributed by atoms with van der Waals surface area (Å²) in [6, 6.07) is 0. The fourth-order valence-corrected chi connectivity index (χ4v) is 0.451. The van der Waals surface area contributed by atoms with E-state index in [1.807, 2.05) is 20.8 Å². The Morgan fingerprint density at radius 1 is 1.50 bits per heavy atom. The molecule has 0 fully saturated rings. The van der Waals surface area contributed by atoms with Gasteiger partial charge in [0.2, 0.25) is 0 Å². The Balaban J connectivity index is 0. The molecule has 0 unspecified atom stereocenters. The van der Waals surface area contributed by atoms with Gasteiger partial charge in [0.05, 0.1) is 12.5 Å². The van der Waals surface area contributed by atoms with Crippen LogP contribution in [0.1, 0.15) is 27.2 Å². The summed E-state index contributed by atoms with van der Waals surface area (Å²) in [7, 11) is 0. The quantitative estimate of drug-likeness (QED) is 0.447. The molecule has 0 aliphatic carbocycles. The van der Waals surface area contributed by atoms with Crippen molar-refractivity contribution < 1.29 is 9.53 Å². The van der Waals surface area contributed by atoms with Gasteiger partial charge in [0.1, 0.15) is 0 Å². The molecule has 0 bridgehead atoms. The average Bonchev–Trinajstić information content (AvgIpc) is 1.87. The first-order valence-electron chi connectivity index (χ1n) is 3.39. The zero-order chi connectivity index (χ0) is 7.28. The van der Waals surface area contributed by atoms with E-state index in [1.165, 1.54) is 0 Å². The molecule has 0 aromatic rings. The van der Waals surface area contributed by atoms with Crippen molar-refractivity contribution >= 4 is 35.5 Å². The van der Waals surface area contributed by atoms with Crippen LogP contribution in [0.25, 0.3) is 0 Å². The van der Waals surface area contributed by atoms with Crippen molar-refractivity contribution in [1.82, 2.24) is 0 Å². The predicted octanol–water partition coefficient (Wildman–Crippen LogP) is 0.947. The van der Waals surface area contributed by atoms with Gasteiger partial charge in [-0.25, -0.2) is 0 Å². The summed E-state index contributed by atoms with van der Waals surface area (Å²) in [5, 5.41) is 0. The van der Waals surface area contributed by atoms with Gasteiger partial charge >= 0.3 is 35.5 Å². The van der Waals surface area contributed by atoms with Crippen LogP contribution in [0.2, 0.25) is 0 Å². The van der Waals surface area contributed by atoms with Crippen LogP contribution in [0.15, 0.2) is 0 Å². The maximum absolute atomic E-state index is 10.8. The average molecular weight is 154 g/mol. The predicted molar refractivity (Wildman–Crippen MR) is 43.2 cm³/mol. The molecule has 10 heavy (non-hydrogen) atoms. The molecule has 0 radical (unpaired) electrons. The molecule has 0 aromatic heterocycles. The first-order chi connectivity index (χ1) is 4.22. The van der Waals surface area contributed by atoms with Gasteiger partial charge < -0.3 is 4.74 Å². The van der Waals surface area contributed by atoms with Crippen molar-refractivity contribution in [2.45, 2.75) is 27.2 Å². The van der Waals surface area contributed by atoms with Gasteiger partial charge in [-0.3, -0.25) is 4.79 Å². The molecule has 0 rings (SSSR count). The molecule has 0 saturated heterocycles. The molecule has 1 atom stereocenters. The summed E-state index contributed by atoms with van der Waals surface area (Å²) in [5.74, 6) is -0.0232. The number of esters is 1. The van der Waals surface area contributed by atoms with E-state index in [-0.39, 0.29) is 41.4 Å². The van der Waals surface area contributed by atoms with Gasteiger partial charge in [-0.05, 0) is 13.3 Å². The third kappa shape index (κ3) is 5.27. The second-order valence-electron chi connectivity index (χ2n) is 2.06. The summed E-state index contributed by atoms with van der Waals surface area (Å²) in [6.45, 7) is 6.16. The van der Waals surface area contributed by atoms with Crippen LogP contribution in [0.5, 0.6) is 0 Å². The fourth-order valence-electron chi connectivity index (χ4n) is 0.451. The van der Waals surface area contributed by atoms with Crippen molar-refractivity contribution in [3.63, 3.8) is 0 Å². The Kier molecular flexibility index (Phi) is 9.92. The third-order valence-corrected chi connectivity index (χ3v) is 1.30. The van der Waals surface area contributed by atoms with Gasteiger partial charge in [-0.1, -0.05) is 13.8 Å². The van der Waals surface area contributed by atoms with Crippen molar-refractivity contribution in [2.24, 2.45) is 5.92 Å². The van der Waals surface area contributed by atoms with E-state index in [2.05, 4.69) is 0 Å². The Labute approximate surface area is 84.6 Å². The molecule has 0 spiro atoms. The Hall–Kier alpha value is 0.470. The molecular weight excluding hydrogens is 139 g/mol. The van der Waals surface area contributed by atoms with Crippen LogP contribution in [0.3, 0.4) is 0 Å². The number of carbonyl (C=O) groups is 1. The van der Waals surface area contributed by atoms with Gasteiger partial charge in [0.15, 0.2) is 0 Å². The number of carbonyl (C=O) groups excluding carboxylic acids is 1. The van der Waals surface area contributed by atoms with Gasteiger partial charge in [-0.15, -0.1) is 0 Å². The SMILES string of the molecule is CCOC(=O)[C@H](C)CC.[NaH]. The van der Waals surface area contributed by atoms with Crippen LogP contribution in [0, 0.1) is 5.92 Å². The van der Waals surface area contributed by atoms with Crippen LogP contribution in [-0.2, 0) is 9.53 Å². The van der Waals surface area contributed by atoms with Gasteiger partial charge in [-0.2, -0.15) is 0 Å². The Bertz CT molecular complexity index is 93.6. The monoisotopic (exact) mass is 154 g/mol. The second kappa shape index (κ2) is 7.58. The maximum atomic E-state index is 10.8. The van der Waals surface area contributed by atoms with Crippen molar-refractivity contribution in [2.75, 3.05) is 6.61 Å². The van der Waals surface area contributed by atoms with Crippen LogP contribution in [-0.4, -0.2) is 42.1 Å². The number of ether oxygens (including phenoxy) is 1. The molecule has 0 heterocycles. The number of rotatable bonds is 3. The van der Waals surface area contributed by atoms with Crippen molar-refractivity contribution in [1.29, 1.82) is 0 Å². The summed E-state index contributed by atoms with van der Waals surface area (Å²) < 4.78 is 4.76. The van der Waals surface area contributed by atoms with E-state index in [9.17, 15) is 4.79 Å². The number of hydrogen-bond acceptors (Lipinski definition) is 2. The van der Waals surface area contributed by atoms with Crippen LogP contribution in [0.4, 0.5) is 0 Å². The molecule has 0 aromatic carbocycles. The van der Waals surface area contributed by atoms with Gasteiger partial charge in [0.25, 0.3) is 0 Å². The van der Waals surface area contributed by atoms with E-state index >= 15 is 0 Å². The van der Waals surface area contributed by atoms with Crippen molar-refractivity contribution in [3.05, 3.63) is 0 Å². The zero-order valence-electron chi connectivity index (χ0n) is 6.31. The van der Waals surface area contributed by atoms with E-state index in [0.717, 1.165) is 6.42 Å². The van der Waals surface area contributed by atoms with Gasteiger partial charge in [0, 0.05) is 0 Å². The molecule has 3 heteroatoms. The molecule has 0 amide bonds. The molecule has 0 aliphatic rings. The standard InChI is InChI=1S/C7H14O2.Na.H/c1-4-6(3)7(8)9-5-2;;/h6H,4-5H2,1-3H3;;/t6-;;/m1../s1. The third-order valence-electron chi connectivity index (χ3n) is 1.30. The minimum absolute atomic E-state index is 0. The summed E-state index contributed by atoms with van der Waals surface area (Å²) in [4.78, 5) is 10.8. The fraction of sp³-hybridized carbons (Fsp3) is 0.857. The molecule has 0 N–H and O–H groups in total. The van der Waals surface area contributed by atoms with Crippen LogP contribution < -0.4 is 0 Å². The topological polar surface area (TPSA) is 26.3 Å². The summed E-state index contributed by atoms with van der Waals surface area (Å²) in [5.41, 5.74) is 0. The van der Waals surface area contributed by atoms with E-state index < -0.39 is 0 Å². The minimum atomic E-state index is -0.0833. The van der Waals surface area contributed by atoms with E-state index in [1.54, 1.807) is 0 Å². The summed E-state index contributed by atoms with van der Waals surface area (Å²) >= 11 is 0. The van der Waals surface area contributed by atoms with E-state index in [4.69, 9.17) is 4.74 Å². The number of hydrogen-bond donors (Lipinski definition) is 0. The molecular formula is C7H15NaO2. The second-order valence-corrected chi connectivity index (χ2v) is 2.06.